The smallest absolute Gasteiger partial charge is 0.338 e. The van der Waals surface area contributed by atoms with Gasteiger partial charge in [-0.05, 0) is 19.9 Å². The summed E-state index contributed by atoms with van der Waals surface area (Å²) in [6.07, 6.45) is -2.76. The zero-order valence-corrected chi connectivity index (χ0v) is 14.2. The Bertz CT molecular complexity index is 720. The largest absolute Gasteiger partial charge is 0.433 e. The number of halogens is 3. The van der Waals surface area contributed by atoms with Crippen molar-refractivity contribution in [2.45, 2.75) is 26.6 Å². The number of anilines is 1. The molecule has 1 fully saturated rings. The van der Waals surface area contributed by atoms with Gasteiger partial charge in [0.05, 0.1) is 0 Å². The first kappa shape index (κ1) is 17.6. The molecule has 0 aliphatic carbocycles. The van der Waals surface area contributed by atoms with Crippen LogP contribution in [0.3, 0.4) is 0 Å². The predicted octanol–water partition coefficient (Wildman–Crippen LogP) is 1.53. The van der Waals surface area contributed by atoms with Gasteiger partial charge in [0.2, 0.25) is 5.95 Å². The summed E-state index contributed by atoms with van der Waals surface area (Å²) >= 11 is 0. The van der Waals surface area contributed by atoms with Gasteiger partial charge < -0.3 is 9.47 Å². The molecule has 0 atom stereocenters. The van der Waals surface area contributed by atoms with E-state index in [9.17, 15) is 13.2 Å². The molecule has 0 spiro atoms. The summed E-state index contributed by atoms with van der Waals surface area (Å²) in [5.41, 5.74) is -0.566. The Balaban J connectivity index is 1.59. The first-order valence-corrected chi connectivity index (χ1v) is 8.07. The second kappa shape index (κ2) is 6.95. The average molecular weight is 355 g/mol. The molecule has 0 radical (unpaired) electrons. The summed E-state index contributed by atoms with van der Waals surface area (Å²) in [6, 6.07) is 0.973. The summed E-state index contributed by atoms with van der Waals surface area (Å²) < 4.78 is 40.7. The van der Waals surface area contributed by atoms with Crippen molar-refractivity contribution >= 4 is 5.95 Å². The molecule has 3 rings (SSSR count). The molecule has 25 heavy (non-hydrogen) atoms. The number of alkyl halides is 3. The molecule has 0 unspecified atom stereocenters. The van der Waals surface area contributed by atoms with E-state index in [1.807, 2.05) is 16.4 Å². The van der Waals surface area contributed by atoms with Crippen molar-refractivity contribution in [3.05, 3.63) is 29.6 Å². The van der Waals surface area contributed by atoms with Gasteiger partial charge in [-0.25, -0.2) is 9.97 Å². The molecular formula is C15H20F3N7. The number of nitrogens with zero attached hydrogens (tertiary/aromatic N) is 7. The second-order valence-corrected chi connectivity index (χ2v) is 6.09. The van der Waals surface area contributed by atoms with Gasteiger partial charge in [-0.2, -0.15) is 13.2 Å². The monoisotopic (exact) mass is 355 g/mol. The van der Waals surface area contributed by atoms with Gasteiger partial charge in [0.25, 0.3) is 0 Å². The Labute approximate surface area is 143 Å². The van der Waals surface area contributed by atoms with Crippen LogP contribution in [0.2, 0.25) is 0 Å². The average Bonchev–Trinajstić information content (AvgIpc) is 2.97. The number of piperazine rings is 1. The van der Waals surface area contributed by atoms with Crippen LogP contribution < -0.4 is 4.90 Å². The van der Waals surface area contributed by atoms with Crippen molar-refractivity contribution in [2.24, 2.45) is 0 Å². The Morgan fingerprint density at radius 2 is 1.76 bits per heavy atom. The second-order valence-electron chi connectivity index (χ2n) is 6.09. The van der Waals surface area contributed by atoms with Crippen molar-refractivity contribution in [3.8, 4) is 0 Å². The Kier molecular flexibility index (Phi) is 4.89. The van der Waals surface area contributed by atoms with Crippen LogP contribution in [-0.2, 0) is 12.7 Å². The van der Waals surface area contributed by atoms with Crippen LogP contribution in [0.5, 0.6) is 0 Å². The van der Waals surface area contributed by atoms with E-state index in [0.717, 1.165) is 38.1 Å². The van der Waals surface area contributed by atoms with Crippen LogP contribution in [0, 0.1) is 13.8 Å². The lowest BCUT2D eigenvalue weighted by Gasteiger charge is -2.35. The van der Waals surface area contributed by atoms with E-state index in [1.54, 1.807) is 13.3 Å². The van der Waals surface area contributed by atoms with E-state index in [0.29, 0.717) is 18.8 Å². The predicted molar refractivity (Wildman–Crippen MR) is 85.2 cm³/mol. The molecular weight excluding hydrogens is 335 g/mol. The minimum atomic E-state index is -4.46. The summed E-state index contributed by atoms with van der Waals surface area (Å²) in [6.45, 7) is 7.78. The molecule has 0 amide bonds. The minimum absolute atomic E-state index is 0.154. The fraction of sp³-hybridized carbons (Fsp3) is 0.600. The van der Waals surface area contributed by atoms with E-state index >= 15 is 0 Å². The van der Waals surface area contributed by atoms with Gasteiger partial charge in [0.1, 0.15) is 17.8 Å². The third kappa shape index (κ3) is 4.25. The number of hydrogen-bond acceptors (Lipinski definition) is 6. The maximum absolute atomic E-state index is 12.9. The van der Waals surface area contributed by atoms with Crippen LogP contribution in [0.1, 0.15) is 17.2 Å². The van der Waals surface area contributed by atoms with Gasteiger partial charge in [-0.3, -0.25) is 4.90 Å². The molecule has 1 saturated heterocycles. The van der Waals surface area contributed by atoms with Crippen molar-refractivity contribution in [3.63, 3.8) is 0 Å². The molecule has 7 nitrogen and oxygen atoms in total. The molecule has 1 aliphatic heterocycles. The molecule has 0 saturated carbocycles. The van der Waals surface area contributed by atoms with Crippen LogP contribution in [0.15, 0.2) is 12.4 Å². The Morgan fingerprint density at radius 3 is 2.36 bits per heavy atom. The van der Waals surface area contributed by atoms with Crippen molar-refractivity contribution < 1.29 is 13.2 Å². The summed E-state index contributed by atoms with van der Waals surface area (Å²) in [7, 11) is 0. The van der Waals surface area contributed by atoms with Gasteiger partial charge in [0, 0.05) is 45.0 Å². The SMILES string of the molecule is Cc1cc(C(F)(F)F)nc(N2CCN(CCn3cnnc3C)CC2)n1. The maximum atomic E-state index is 12.9. The zero-order chi connectivity index (χ0) is 18.0. The van der Waals surface area contributed by atoms with Crippen LogP contribution in [0.25, 0.3) is 0 Å². The molecule has 10 heteroatoms. The molecule has 136 valence electrons. The summed E-state index contributed by atoms with van der Waals surface area (Å²) in [5.74, 6) is 1.02. The lowest BCUT2D eigenvalue weighted by molar-refractivity contribution is -0.141. The minimum Gasteiger partial charge on any atom is -0.338 e. The molecule has 0 N–H and O–H groups in total. The third-order valence-corrected chi connectivity index (χ3v) is 4.25. The number of aromatic nitrogens is 5. The molecule has 2 aromatic heterocycles. The van der Waals surface area contributed by atoms with E-state index in [-0.39, 0.29) is 5.95 Å². The number of rotatable bonds is 4. The van der Waals surface area contributed by atoms with Gasteiger partial charge in [0.15, 0.2) is 0 Å². The zero-order valence-electron chi connectivity index (χ0n) is 14.2. The van der Waals surface area contributed by atoms with Gasteiger partial charge in [-0.1, -0.05) is 0 Å². The third-order valence-electron chi connectivity index (χ3n) is 4.25. The van der Waals surface area contributed by atoms with Crippen LogP contribution in [0.4, 0.5) is 19.1 Å². The van der Waals surface area contributed by atoms with Crippen LogP contribution in [-0.4, -0.2) is 62.4 Å². The molecule has 3 heterocycles. The highest BCUT2D eigenvalue weighted by Gasteiger charge is 2.34. The lowest BCUT2D eigenvalue weighted by Crippen LogP contribution is -2.48. The lowest BCUT2D eigenvalue weighted by atomic mass is 10.3. The van der Waals surface area contributed by atoms with Crippen LogP contribution >= 0.6 is 0 Å². The van der Waals surface area contributed by atoms with Crippen molar-refractivity contribution in [1.82, 2.24) is 29.6 Å². The topological polar surface area (TPSA) is 63.0 Å². The Hall–Kier alpha value is -2.23. The van der Waals surface area contributed by atoms with Crippen molar-refractivity contribution in [2.75, 3.05) is 37.6 Å². The highest BCUT2D eigenvalue weighted by molar-refractivity contribution is 5.33. The molecule has 0 aromatic carbocycles. The maximum Gasteiger partial charge on any atom is 0.433 e. The van der Waals surface area contributed by atoms with E-state index < -0.39 is 11.9 Å². The van der Waals surface area contributed by atoms with Crippen molar-refractivity contribution in [1.29, 1.82) is 0 Å². The fourth-order valence-electron chi connectivity index (χ4n) is 2.79. The summed E-state index contributed by atoms with van der Waals surface area (Å²) in [4.78, 5) is 11.9. The van der Waals surface area contributed by atoms with E-state index in [4.69, 9.17) is 0 Å². The van der Waals surface area contributed by atoms with Gasteiger partial charge >= 0.3 is 6.18 Å². The molecule has 1 aliphatic rings. The molecule has 2 aromatic rings. The number of aryl methyl sites for hydroxylation is 2. The Morgan fingerprint density at radius 1 is 1.04 bits per heavy atom. The normalized spacial score (nSPS) is 16.4. The highest BCUT2D eigenvalue weighted by atomic mass is 19.4. The summed E-state index contributed by atoms with van der Waals surface area (Å²) in [5, 5.41) is 7.80. The first-order chi connectivity index (χ1) is 11.8. The van der Waals surface area contributed by atoms with Gasteiger partial charge in [-0.15, -0.1) is 10.2 Å². The van der Waals surface area contributed by atoms with E-state index in [1.165, 1.54) is 0 Å². The molecule has 0 bridgehead atoms. The highest BCUT2D eigenvalue weighted by Crippen LogP contribution is 2.29. The fourth-order valence-corrected chi connectivity index (χ4v) is 2.79. The standard InChI is InChI=1S/C15H20F3N7/c1-11-9-13(15(16,17)18)21-14(20-11)24-6-3-23(4-7-24)5-8-25-10-19-22-12(25)2/h9-10H,3-8H2,1-2H3. The quantitative estimate of drug-likeness (QED) is 0.829. The number of hydrogen-bond donors (Lipinski definition) is 0. The van der Waals surface area contributed by atoms with E-state index in [2.05, 4.69) is 25.1 Å². The first-order valence-electron chi connectivity index (χ1n) is 8.07.